The van der Waals surface area contributed by atoms with Crippen LogP contribution in [0.2, 0.25) is 5.02 Å². The molecule has 1 aromatic carbocycles. The van der Waals surface area contributed by atoms with Crippen LogP contribution >= 0.6 is 11.6 Å². The predicted molar refractivity (Wildman–Crippen MR) is 65.2 cm³/mol. The van der Waals surface area contributed by atoms with Crippen molar-refractivity contribution in [3.63, 3.8) is 0 Å². The fourth-order valence-electron chi connectivity index (χ4n) is 1.74. The van der Waals surface area contributed by atoms with Crippen LogP contribution in [0.5, 0.6) is 11.5 Å². The zero-order valence-corrected chi connectivity index (χ0v) is 10.0. The number of aliphatic hydroxyl groups is 1. The molecule has 0 aliphatic carbocycles. The van der Waals surface area contributed by atoms with Gasteiger partial charge in [-0.3, -0.25) is 0 Å². The lowest BCUT2D eigenvalue weighted by Crippen LogP contribution is -1.97. The number of ether oxygens (including phenoxy) is 2. The van der Waals surface area contributed by atoms with Crippen molar-refractivity contribution in [1.29, 1.82) is 0 Å². The molecule has 1 unspecified atom stereocenters. The van der Waals surface area contributed by atoms with Crippen molar-refractivity contribution in [1.82, 2.24) is 0 Å². The molecule has 1 aromatic rings. The Hall–Kier alpha value is -1.37. The van der Waals surface area contributed by atoms with Gasteiger partial charge in [-0.25, -0.2) is 0 Å². The van der Waals surface area contributed by atoms with Gasteiger partial charge in [0.1, 0.15) is 0 Å². The summed E-state index contributed by atoms with van der Waals surface area (Å²) in [5.74, 6) is 3.68. The third kappa shape index (κ3) is 2.66. The zero-order valence-electron chi connectivity index (χ0n) is 9.28. The number of rotatable bonds is 4. The van der Waals surface area contributed by atoms with Gasteiger partial charge in [-0.05, 0) is 30.5 Å². The minimum Gasteiger partial charge on any atom is -0.454 e. The molecule has 0 aromatic heterocycles. The number of terminal acetylenes is 1. The third-order valence-corrected chi connectivity index (χ3v) is 2.91. The fraction of sp³-hybridized carbons (Fsp3) is 0.385. The maximum absolute atomic E-state index is 9.98. The molecule has 0 fully saturated rings. The molecule has 4 heteroatoms. The Morgan fingerprint density at radius 1 is 1.47 bits per heavy atom. The average Bonchev–Trinajstić information content (AvgIpc) is 2.77. The summed E-state index contributed by atoms with van der Waals surface area (Å²) in [5, 5.41) is 10.4. The molecule has 0 bridgehead atoms. The second-order valence-electron chi connectivity index (χ2n) is 3.85. The Balaban J connectivity index is 2.11. The van der Waals surface area contributed by atoms with Crippen LogP contribution < -0.4 is 9.47 Å². The maximum atomic E-state index is 9.98. The number of hydrogen-bond donors (Lipinski definition) is 1. The van der Waals surface area contributed by atoms with Gasteiger partial charge in [0, 0.05) is 6.42 Å². The molecule has 1 aliphatic heterocycles. The van der Waals surface area contributed by atoms with E-state index in [4.69, 9.17) is 27.5 Å². The number of fused-ring (bicyclic) bond motifs is 1. The van der Waals surface area contributed by atoms with Crippen molar-refractivity contribution < 1.29 is 14.6 Å². The smallest absolute Gasteiger partial charge is 0.231 e. The van der Waals surface area contributed by atoms with Crippen molar-refractivity contribution in [2.24, 2.45) is 0 Å². The summed E-state index contributed by atoms with van der Waals surface area (Å²) < 4.78 is 10.4. The molecule has 17 heavy (non-hydrogen) atoms. The first kappa shape index (κ1) is 12.1. The number of hydrogen-bond acceptors (Lipinski definition) is 3. The largest absolute Gasteiger partial charge is 0.454 e. The quantitative estimate of drug-likeness (QED) is 0.662. The Morgan fingerprint density at radius 2 is 2.29 bits per heavy atom. The van der Waals surface area contributed by atoms with Crippen molar-refractivity contribution in [2.45, 2.75) is 25.4 Å². The van der Waals surface area contributed by atoms with Gasteiger partial charge in [0.15, 0.2) is 11.5 Å². The Bertz CT molecular complexity index is 451. The normalized spacial score (nSPS) is 14.4. The second kappa shape index (κ2) is 5.31. The Morgan fingerprint density at radius 3 is 3.06 bits per heavy atom. The predicted octanol–water partition coefficient (Wildman–Crippen LogP) is 2.91. The van der Waals surface area contributed by atoms with Gasteiger partial charge < -0.3 is 14.6 Å². The molecule has 1 N–H and O–H groups in total. The maximum Gasteiger partial charge on any atom is 0.231 e. The highest BCUT2D eigenvalue weighted by Gasteiger charge is 2.20. The minimum absolute atomic E-state index is 0.172. The molecule has 0 radical (unpaired) electrons. The van der Waals surface area contributed by atoms with Crippen LogP contribution in [0.25, 0.3) is 0 Å². The van der Waals surface area contributed by atoms with E-state index in [9.17, 15) is 5.11 Å². The molecule has 90 valence electrons. The number of halogens is 1. The SMILES string of the molecule is C#CCCCC(O)c1cc(Cl)c2c(c1)OCO2. The van der Waals surface area contributed by atoms with E-state index >= 15 is 0 Å². The molecular formula is C13H13ClO3. The summed E-state index contributed by atoms with van der Waals surface area (Å²) in [6.45, 7) is 0.172. The summed E-state index contributed by atoms with van der Waals surface area (Å²) in [4.78, 5) is 0. The van der Waals surface area contributed by atoms with Gasteiger partial charge >= 0.3 is 0 Å². The van der Waals surface area contributed by atoms with Gasteiger partial charge in [0.05, 0.1) is 11.1 Å². The molecule has 0 spiro atoms. The number of unbranched alkanes of at least 4 members (excludes halogenated alkanes) is 1. The highest BCUT2D eigenvalue weighted by atomic mass is 35.5. The lowest BCUT2D eigenvalue weighted by atomic mass is 10.0. The molecule has 0 saturated heterocycles. The summed E-state index contributed by atoms with van der Waals surface area (Å²) >= 11 is 6.03. The van der Waals surface area contributed by atoms with E-state index in [1.165, 1.54) is 0 Å². The summed E-state index contributed by atoms with van der Waals surface area (Å²) in [6, 6.07) is 3.46. The summed E-state index contributed by atoms with van der Waals surface area (Å²) in [5.41, 5.74) is 0.733. The molecule has 0 amide bonds. The van der Waals surface area contributed by atoms with E-state index in [1.54, 1.807) is 12.1 Å². The molecule has 2 rings (SSSR count). The number of aliphatic hydroxyl groups excluding tert-OH is 1. The lowest BCUT2D eigenvalue weighted by Gasteiger charge is -2.11. The lowest BCUT2D eigenvalue weighted by molar-refractivity contribution is 0.163. The molecule has 3 nitrogen and oxygen atoms in total. The Labute approximate surface area is 105 Å². The van der Waals surface area contributed by atoms with Crippen molar-refractivity contribution in [3.05, 3.63) is 22.7 Å². The van der Waals surface area contributed by atoms with Crippen LogP contribution in [-0.2, 0) is 0 Å². The van der Waals surface area contributed by atoms with Crippen LogP contribution in [0, 0.1) is 12.3 Å². The van der Waals surface area contributed by atoms with Gasteiger partial charge in [-0.2, -0.15) is 0 Å². The molecule has 0 saturated carbocycles. The minimum atomic E-state index is -0.574. The molecule has 1 aliphatic rings. The van der Waals surface area contributed by atoms with E-state index in [-0.39, 0.29) is 6.79 Å². The average molecular weight is 253 g/mol. The molecular weight excluding hydrogens is 240 g/mol. The first-order valence-electron chi connectivity index (χ1n) is 5.43. The van der Waals surface area contributed by atoms with Gasteiger partial charge in [0.2, 0.25) is 6.79 Å². The topological polar surface area (TPSA) is 38.7 Å². The van der Waals surface area contributed by atoms with Crippen LogP contribution in [0.3, 0.4) is 0 Å². The van der Waals surface area contributed by atoms with Crippen molar-refractivity contribution in [3.8, 4) is 23.8 Å². The standard InChI is InChI=1S/C13H13ClO3/c1-2-3-4-5-11(15)9-6-10(14)13-12(7-9)16-8-17-13/h1,6-7,11,15H,3-5,8H2. The van der Waals surface area contributed by atoms with E-state index in [0.29, 0.717) is 29.4 Å². The van der Waals surface area contributed by atoms with Crippen LogP contribution in [0.4, 0.5) is 0 Å². The fourth-order valence-corrected chi connectivity index (χ4v) is 2.02. The van der Waals surface area contributed by atoms with E-state index < -0.39 is 6.10 Å². The highest BCUT2D eigenvalue weighted by molar-refractivity contribution is 6.32. The molecule has 1 heterocycles. The Kier molecular flexibility index (Phi) is 3.78. The van der Waals surface area contributed by atoms with E-state index in [1.807, 2.05) is 0 Å². The van der Waals surface area contributed by atoms with Gasteiger partial charge in [0.25, 0.3) is 0 Å². The van der Waals surface area contributed by atoms with Crippen LogP contribution in [0.1, 0.15) is 30.9 Å². The van der Waals surface area contributed by atoms with Crippen molar-refractivity contribution >= 4 is 11.6 Å². The van der Waals surface area contributed by atoms with Crippen molar-refractivity contribution in [2.75, 3.05) is 6.79 Å². The summed E-state index contributed by atoms with van der Waals surface area (Å²) in [7, 11) is 0. The van der Waals surface area contributed by atoms with Crippen LogP contribution in [0.15, 0.2) is 12.1 Å². The first-order chi connectivity index (χ1) is 8.22. The second-order valence-corrected chi connectivity index (χ2v) is 4.26. The monoisotopic (exact) mass is 252 g/mol. The third-order valence-electron chi connectivity index (χ3n) is 2.63. The highest BCUT2D eigenvalue weighted by Crippen LogP contribution is 2.41. The molecule has 1 atom stereocenters. The van der Waals surface area contributed by atoms with Gasteiger partial charge in [-0.1, -0.05) is 11.6 Å². The van der Waals surface area contributed by atoms with E-state index in [2.05, 4.69) is 5.92 Å². The van der Waals surface area contributed by atoms with E-state index in [0.717, 1.165) is 12.0 Å². The van der Waals surface area contributed by atoms with Gasteiger partial charge in [-0.15, -0.1) is 12.3 Å². The van der Waals surface area contributed by atoms with Crippen LogP contribution in [-0.4, -0.2) is 11.9 Å². The number of benzene rings is 1. The zero-order chi connectivity index (χ0) is 12.3. The first-order valence-corrected chi connectivity index (χ1v) is 5.80. The summed E-state index contributed by atoms with van der Waals surface area (Å²) in [6.07, 6.45) is 6.64.